The summed E-state index contributed by atoms with van der Waals surface area (Å²) >= 11 is 6.30. The molecule has 1 aliphatic carbocycles. The lowest BCUT2D eigenvalue weighted by Gasteiger charge is -2.10. The maximum atomic E-state index is 6.30. The number of hydrogen-bond acceptors (Lipinski definition) is 2. The number of halogens is 1. The number of rotatable bonds is 5. The van der Waals surface area contributed by atoms with Crippen molar-refractivity contribution in [1.82, 2.24) is 15.1 Å². The molecule has 1 fully saturated rings. The van der Waals surface area contributed by atoms with Crippen LogP contribution in [0.3, 0.4) is 0 Å². The van der Waals surface area contributed by atoms with Crippen molar-refractivity contribution in [2.75, 3.05) is 6.54 Å². The molecule has 0 aromatic carbocycles. The van der Waals surface area contributed by atoms with Crippen molar-refractivity contribution in [3.8, 4) is 0 Å². The Labute approximate surface area is 109 Å². The van der Waals surface area contributed by atoms with Crippen LogP contribution < -0.4 is 5.32 Å². The molecule has 1 aromatic heterocycles. The van der Waals surface area contributed by atoms with Gasteiger partial charge in [0.25, 0.3) is 0 Å². The summed E-state index contributed by atoms with van der Waals surface area (Å²) in [6.45, 7) is 4.03. The summed E-state index contributed by atoms with van der Waals surface area (Å²) < 4.78 is 1.91. The van der Waals surface area contributed by atoms with Crippen molar-refractivity contribution in [3.05, 3.63) is 16.4 Å². The van der Waals surface area contributed by atoms with Gasteiger partial charge in [-0.1, -0.05) is 31.4 Å². The molecule has 1 heterocycles. The molecule has 0 aliphatic heterocycles. The van der Waals surface area contributed by atoms with E-state index in [1.54, 1.807) is 0 Å². The van der Waals surface area contributed by atoms with Crippen LogP contribution in [-0.4, -0.2) is 16.3 Å². The SMILES string of the molecule is CCc1nn(C)c(CNCC2CCCC2)c1Cl. The van der Waals surface area contributed by atoms with E-state index in [4.69, 9.17) is 11.6 Å². The van der Waals surface area contributed by atoms with Crippen LogP contribution >= 0.6 is 11.6 Å². The van der Waals surface area contributed by atoms with Gasteiger partial charge in [-0.25, -0.2) is 0 Å². The van der Waals surface area contributed by atoms with Gasteiger partial charge >= 0.3 is 0 Å². The van der Waals surface area contributed by atoms with Crippen LogP contribution in [-0.2, 0) is 20.0 Å². The molecule has 0 amide bonds. The number of aryl methyl sites for hydroxylation is 2. The summed E-state index contributed by atoms with van der Waals surface area (Å²) in [7, 11) is 1.97. The summed E-state index contributed by atoms with van der Waals surface area (Å²) in [4.78, 5) is 0. The van der Waals surface area contributed by atoms with Gasteiger partial charge < -0.3 is 5.32 Å². The molecule has 2 rings (SSSR count). The summed E-state index contributed by atoms with van der Waals surface area (Å²) in [6.07, 6.45) is 6.46. The zero-order chi connectivity index (χ0) is 12.3. The Morgan fingerprint density at radius 3 is 2.71 bits per heavy atom. The van der Waals surface area contributed by atoms with Gasteiger partial charge in [0.15, 0.2) is 0 Å². The first-order valence-electron chi connectivity index (χ1n) is 6.63. The van der Waals surface area contributed by atoms with Crippen LogP contribution in [0.15, 0.2) is 0 Å². The Morgan fingerprint density at radius 1 is 1.41 bits per heavy atom. The van der Waals surface area contributed by atoms with Crippen LogP contribution in [0.1, 0.15) is 44.0 Å². The third kappa shape index (κ3) is 3.02. The fraction of sp³-hybridized carbons (Fsp3) is 0.769. The second kappa shape index (κ2) is 5.87. The van der Waals surface area contributed by atoms with Crippen LogP contribution in [0.25, 0.3) is 0 Å². The molecule has 0 bridgehead atoms. The lowest BCUT2D eigenvalue weighted by Crippen LogP contribution is -2.22. The highest BCUT2D eigenvalue weighted by molar-refractivity contribution is 6.31. The third-order valence-electron chi connectivity index (χ3n) is 3.70. The average Bonchev–Trinajstić information content (AvgIpc) is 2.91. The number of nitrogens with one attached hydrogen (secondary N) is 1. The van der Waals surface area contributed by atoms with Gasteiger partial charge in [0, 0.05) is 13.6 Å². The molecule has 0 atom stereocenters. The van der Waals surface area contributed by atoms with E-state index in [9.17, 15) is 0 Å². The van der Waals surface area contributed by atoms with Crippen molar-refractivity contribution in [3.63, 3.8) is 0 Å². The highest BCUT2D eigenvalue weighted by Gasteiger charge is 2.16. The van der Waals surface area contributed by atoms with E-state index in [-0.39, 0.29) is 0 Å². The van der Waals surface area contributed by atoms with Gasteiger partial charge in [0.2, 0.25) is 0 Å². The van der Waals surface area contributed by atoms with Crippen LogP contribution in [0, 0.1) is 5.92 Å². The largest absolute Gasteiger partial charge is 0.311 e. The maximum Gasteiger partial charge on any atom is 0.0863 e. The van der Waals surface area contributed by atoms with Gasteiger partial charge in [-0.05, 0) is 31.7 Å². The normalized spacial score (nSPS) is 16.9. The lowest BCUT2D eigenvalue weighted by atomic mass is 10.1. The molecule has 1 aromatic rings. The zero-order valence-corrected chi connectivity index (χ0v) is 11.6. The molecule has 3 nitrogen and oxygen atoms in total. The maximum absolute atomic E-state index is 6.30. The smallest absolute Gasteiger partial charge is 0.0863 e. The summed E-state index contributed by atoms with van der Waals surface area (Å²) in [5.74, 6) is 0.868. The van der Waals surface area contributed by atoms with Crippen molar-refractivity contribution in [2.24, 2.45) is 13.0 Å². The fourth-order valence-electron chi connectivity index (χ4n) is 2.62. The van der Waals surface area contributed by atoms with Crippen molar-refractivity contribution in [1.29, 1.82) is 0 Å². The monoisotopic (exact) mass is 255 g/mol. The Balaban J connectivity index is 1.87. The molecule has 0 unspecified atom stereocenters. The van der Waals surface area contributed by atoms with Gasteiger partial charge in [0.1, 0.15) is 0 Å². The number of aromatic nitrogens is 2. The molecule has 0 spiro atoms. The first-order chi connectivity index (χ1) is 8.22. The molecular formula is C13H22ClN3. The summed E-state index contributed by atoms with van der Waals surface area (Å²) in [5, 5.41) is 8.78. The minimum absolute atomic E-state index is 0.832. The quantitative estimate of drug-likeness (QED) is 0.877. The van der Waals surface area contributed by atoms with E-state index in [1.165, 1.54) is 25.7 Å². The Kier molecular flexibility index (Phi) is 4.46. The van der Waals surface area contributed by atoms with Crippen LogP contribution in [0.2, 0.25) is 5.02 Å². The molecule has 1 N–H and O–H groups in total. The van der Waals surface area contributed by atoms with E-state index in [2.05, 4.69) is 17.3 Å². The van der Waals surface area contributed by atoms with Crippen molar-refractivity contribution < 1.29 is 0 Å². The number of nitrogens with zero attached hydrogens (tertiary/aromatic N) is 2. The number of hydrogen-bond donors (Lipinski definition) is 1. The molecule has 4 heteroatoms. The minimum atomic E-state index is 0.832. The van der Waals surface area contributed by atoms with Crippen molar-refractivity contribution >= 4 is 11.6 Å². The summed E-state index contributed by atoms with van der Waals surface area (Å²) in [5.41, 5.74) is 2.12. The molecule has 0 radical (unpaired) electrons. The molecule has 1 saturated carbocycles. The predicted octanol–water partition coefficient (Wildman–Crippen LogP) is 2.92. The van der Waals surface area contributed by atoms with E-state index in [0.717, 1.165) is 41.8 Å². The second-order valence-electron chi connectivity index (χ2n) is 4.97. The van der Waals surface area contributed by atoms with Crippen molar-refractivity contribution in [2.45, 2.75) is 45.6 Å². The van der Waals surface area contributed by atoms with Gasteiger partial charge in [-0.15, -0.1) is 0 Å². The first kappa shape index (κ1) is 12.9. The highest BCUT2D eigenvalue weighted by atomic mass is 35.5. The van der Waals surface area contributed by atoms with E-state index in [0.29, 0.717) is 0 Å². The first-order valence-corrected chi connectivity index (χ1v) is 7.01. The highest BCUT2D eigenvalue weighted by Crippen LogP contribution is 2.24. The van der Waals surface area contributed by atoms with Gasteiger partial charge in [-0.2, -0.15) is 5.10 Å². The molecule has 1 aliphatic rings. The molecule has 0 saturated heterocycles. The van der Waals surface area contributed by atoms with Gasteiger partial charge in [-0.3, -0.25) is 4.68 Å². The molecule has 17 heavy (non-hydrogen) atoms. The Hall–Kier alpha value is -0.540. The van der Waals surface area contributed by atoms with Crippen LogP contribution in [0.4, 0.5) is 0 Å². The third-order valence-corrected chi connectivity index (χ3v) is 4.14. The molecular weight excluding hydrogens is 234 g/mol. The Bertz CT molecular complexity index is 367. The lowest BCUT2D eigenvalue weighted by molar-refractivity contribution is 0.481. The second-order valence-corrected chi connectivity index (χ2v) is 5.34. The zero-order valence-electron chi connectivity index (χ0n) is 10.8. The average molecular weight is 256 g/mol. The molecule has 96 valence electrons. The van der Waals surface area contributed by atoms with Gasteiger partial charge in [0.05, 0.1) is 16.4 Å². The Morgan fingerprint density at radius 2 is 2.12 bits per heavy atom. The topological polar surface area (TPSA) is 29.9 Å². The minimum Gasteiger partial charge on any atom is -0.311 e. The standard InChI is InChI=1S/C13H22ClN3/c1-3-11-13(14)12(17(2)16-11)9-15-8-10-6-4-5-7-10/h10,15H,3-9H2,1-2H3. The van der Waals surface area contributed by atoms with E-state index >= 15 is 0 Å². The summed E-state index contributed by atoms with van der Waals surface area (Å²) in [6, 6.07) is 0. The predicted molar refractivity (Wildman–Crippen MR) is 71.3 cm³/mol. The fourth-order valence-corrected chi connectivity index (χ4v) is 2.98. The van der Waals surface area contributed by atoms with E-state index < -0.39 is 0 Å². The van der Waals surface area contributed by atoms with Crippen LogP contribution in [0.5, 0.6) is 0 Å². The van der Waals surface area contributed by atoms with E-state index in [1.807, 2.05) is 11.7 Å².